The normalized spacial score (nSPS) is 11.7. The molecular formula is C20H13Cl4N3O4S2. The van der Waals surface area contributed by atoms with Crippen molar-refractivity contribution in [3.8, 4) is 0 Å². The molecule has 0 aliphatic heterocycles. The molecule has 1 atom stereocenters. The van der Waals surface area contributed by atoms with Crippen molar-refractivity contribution in [1.82, 2.24) is 4.98 Å². The van der Waals surface area contributed by atoms with Crippen LogP contribution in [0.4, 0.5) is 10.8 Å². The molecule has 0 aliphatic carbocycles. The fraction of sp³-hybridized carbons (Fsp3) is 0.100. The molecule has 3 rings (SSSR count). The van der Waals surface area contributed by atoms with Crippen LogP contribution in [0.5, 0.6) is 0 Å². The maximum atomic E-state index is 12.8. The van der Waals surface area contributed by atoms with Crippen molar-refractivity contribution in [3.05, 3.63) is 67.1 Å². The van der Waals surface area contributed by atoms with Crippen LogP contribution in [0.15, 0.2) is 40.7 Å². The van der Waals surface area contributed by atoms with Crippen molar-refractivity contribution >= 4 is 98.1 Å². The summed E-state index contributed by atoms with van der Waals surface area (Å²) in [5.41, 5.74) is -0.603. The molecule has 3 aromatic rings. The maximum absolute atomic E-state index is 12.8. The maximum Gasteiger partial charge on any atom is 0.338 e. The number of halogens is 4. The van der Waals surface area contributed by atoms with Crippen LogP contribution in [0.3, 0.4) is 0 Å². The number of nitrogens with zero attached hydrogens (tertiary/aromatic N) is 1. The van der Waals surface area contributed by atoms with E-state index in [1.165, 1.54) is 23.1 Å². The molecule has 3 N–H and O–H groups in total. The summed E-state index contributed by atoms with van der Waals surface area (Å²) in [5.74, 6) is -2.50. The van der Waals surface area contributed by atoms with Crippen LogP contribution in [0, 0.1) is 0 Å². The zero-order valence-corrected chi connectivity index (χ0v) is 21.1. The first-order chi connectivity index (χ1) is 15.6. The minimum absolute atomic E-state index is 0.195. The van der Waals surface area contributed by atoms with Crippen molar-refractivity contribution in [3.63, 3.8) is 0 Å². The van der Waals surface area contributed by atoms with E-state index in [-0.39, 0.29) is 26.0 Å². The van der Waals surface area contributed by atoms with Gasteiger partial charge in [0.15, 0.2) is 5.13 Å². The molecular weight excluding hydrogens is 552 g/mol. The molecule has 2 aromatic carbocycles. The van der Waals surface area contributed by atoms with E-state index in [1.807, 2.05) is 0 Å². The first-order valence-corrected chi connectivity index (χ1v) is 12.2. The molecule has 0 saturated heterocycles. The monoisotopic (exact) mass is 563 g/mol. The van der Waals surface area contributed by atoms with E-state index in [0.717, 1.165) is 4.90 Å². The topological polar surface area (TPSA) is 108 Å². The van der Waals surface area contributed by atoms with Gasteiger partial charge in [-0.3, -0.25) is 9.59 Å². The molecule has 1 heterocycles. The number of benzene rings is 2. The number of rotatable bonds is 7. The molecule has 0 fully saturated rings. The first-order valence-electron chi connectivity index (χ1n) is 8.97. The standard InChI is InChI=1S/C20H13Cl4N3O4S2/c1-8(17(28)27-20-25-6-7-32-20)33-10-4-2-9(3-5-10)26-18(29)11-12(19(30)31)14(22)16(24)15(23)13(11)21/h2-8H,1H3,(H,26,29)(H,30,31)(H,25,27,28). The van der Waals surface area contributed by atoms with Gasteiger partial charge in [0, 0.05) is 22.2 Å². The Balaban J connectivity index is 1.73. The van der Waals surface area contributed by atoms with Crippen LogP contribution < -0.4 is 10.6 Å². The van der Waals surface area contributed by atoms with Gasteiger partial charge in [-0.15, -0.1) is 23.1 Å². The lowest BCUT2D eigenvalue weighted by Gasteiger charge is -2.14. The Morgan fingerprint density at radius 3 is 2.12 bits per heavy atom. The summed E-state index contributed by atoms with van der Waals surface area (Å²) in [5, 5.41) is 15.5. The number of hydrogen-bond acceptors (Lipinski definition) is 6. The third-order valence-electron chi connectivity index (χ3n) is 4.16. The van der Waals surface area contributed by atoms with Crippen molar-refractivity contribution in [1.29, 1.82) is 0 Å². The summed E-state index contributed by atoms with van der Waals surface area (Å²) >= 11 is 26.6. The lowest BCUT2D eigenvalue weighted by Crippen LogP contribution is -2.22. The smallest absolute Gasteiger partial charge is 0.338 e. The first kappa shape index (κ1) is 25.6. The van der Waals surface area contributed by atoms with Gasteiger partial charge in [-0.1, -0.05) is 46.4 Å². The second-order valence-electron chi connectivity index (χ2n) is 6.38. The Morgan fingerprint density at radius 2 is 1.58 bits per heavy atom. The molecule has 0 aliphatic rings. The van der Waals surface area contributed by atoms with E-state index in [0.29, 0.717) is 10.8 Å². The number of thiazole rings is 1. The average Bonchev–Trinajstić information content (AvgIpc) is 3.28. The molecule has 0 bridgehead atoms. The number of carboxylic acids is 1. The highest BCUT2D eigenvalue weighted by Crippen LogP contribution is 2.41. The number of nitrogens with one attached hydrogen (secondary N) is 2. The summed E-state index contributed by atoms with van der Waals surface area (Å²) in [7, 11) is 0. The third kappa shape index (κ3) is 5.92. The van der Waals surface area contributed by atoms with Crippen molar-refractivity contribution in [2.24, 2.45) is 0 Å². The highest BCUT2D eigenvalue weighted by molar-refractivity contribution is 8.00. The zero-order chi connectivity index (χ0) is 24.3. The molecule has 0 saturated carbocycles. The molecule has 33 heavy (non-hydrogen) atoms. The second-order valence-corrected chi connectivity index (χ2v) is 10.2. The number of carboxylic acid groups (broad SMARTS) is 1. The number of amides is 2. The third-order valence-corrected chi connectivity index (χ3v) is 7.77. The molecule has 0 radical (unpaired) electrons. The molecule has 1 unspecified atom stereocenters. The van der Waals surface area contributed by atoms with E-state index in [4.69, 9.17) is 46.4 Å². The summed E-state index contributed by atoms with van der Waals surface area (Å²) in [6.07, 6.45) is 1.60. The van der Waals surface area contributed by atoms with Gasteiger partial charge >= 0.3 is 5.97 Å². The Labute approximate surface area is 216 Å². The van der Waals surface area contributed by atoms with Crippen molar-refractivity contribution in [2.45, 2.75) is 17.1 Å². The number of aromatic nitrogens is 1. The highest BCUT2D eigenvalue weighted by Gasteiger charge is 2.29. The van der Waals surface area contributed by atoms with Gasteiger partial charge < -0.3 is 15.7 Å². The van der Waals surface area contributed by atoms with Gasteiger partial charge in [0.2, 0.25) is 5.91 Å². The Bertz CT molecular complexity index is 1220. The van der Waals surface area contributed by atoms with Gasteiger partial charge in [-0.25, -0.2) is 9.78 Å². The summed E-state index contributed by atoms with van der Waals surface area (Å²) in [6.45, 7) is 1.76. The van der Waals surface area contributed by atoms with E-state index in [2.05, 4.69) is 15.6 Å². The van der Waals surface area contributed by atoms with Crippen LogP contribution in [0.2, 0.25) is 20.1 Å². The molecule has 2 amide bonds. The minimum Gasteiger partial charge on any atom is -0.478 e. The lowest BCUT2D eigenvalue weighted by molar-refractivity contribution is -0.115. The highest BCUT2D eigenvalue weighted by atomic mass is 35.5. The van der Waals surface area contributed by atoms with Crippen LogP contribution in [0.25, 0.3) is 0 Å². The number of carbonyl (C=O) groups excluding carboxylic acids is 2. The van der Waals surface area contributed by atoms with Crippen LogP contribution in [-0.2, 0) is 4.79 Å². The molecule has 172 valence electrons. The number of carbonyl (C=O) groups is 3. The van der Waals surface area contributed by atoms with Gasteiger partial charge in [-0.2, -0.15) is 0 Å². The van der Waals surface area contributed by atoms with E-state index in [1.54, 1.807) is 42.8 Å². The van der Waals surface area contributed by atoms with E-state index < -0.39 is 28.3 Å². The zero-order valence-electron chi connectivity index (χ0n) is 16.5. The molecule has 0 spiro atoms. The summed E-state index contributed by atoms with van der Waals surface area (Å²) < 4.78 is 0. The van der Waals surface area contributed by atoms with Crippen molar-refractivity contribution < 1.29 is 19.5 Å². The summed E-state index contributed by atoms with van der Waals surface area (Å²) in [6, 6.07) is 6.60. The predicted molar refractivity (Wildman–Crippen MR) is 134 cm³/mol. The number of thioether (sulfide) groups is 1. The quantitative estimate of drug-likeness (QED) is 0.165. The number of hydrogen-bond donors (Lipinski definition) is 3. The second kappa shape index (κ2) is 10.9. The number of aromatic carboxylic acids is 1. The summed E-state index contributed by atoms with van der Waals surface area (Å²) in [4.78, 5) is 41.5. The van der Waals surface area contributed by atoms with Gasteiger partial charge in [0.05, 0.1) is 36.5 Å². The van der Waals surface area contributed by atoms with Crippen LogP contribution in [-0.4, -0.2) is 33.1 Å². The van der Waals surface area contributed by atoms with Gasteiger partial charge in [-0.05, 0) is 31.2 Å². The fourth-order valence-electron chi connectivity index (χ4n) is 2.61. The Hall–Kier alpha value is -2.01. The number of anilines is 2. The SMILES string of the molecule is CC(Sc1ccc(NC(=O)c2c(Cl)c(Cl)c(Cl)c(Cl)c2C(=O)O)cc1)C(=O)Nc1nccs1. The van der Waals surface area contributed by atoms with Crippen molar-refractivity contribution in [2.75, 3.05) is 10.6 Å². The largest absolute Gasteiger partial charge is 0.478 e. The lowest BCUT2D eigenvalue weighted by atomic mass is 10.1. The van der Waals surface area contributed by atoms with Gasteiger partial charge in [0.25, 0.3) is 5.91 Å². The molecule has 7 nitrogen and oxygen atoms in total. The van der Waals surface area contributed by atoms with Crippen LogP contribution >= 0.6 is 69.5 Å². The Morgan fingerprint density at radius 1 is 0.970 bits per heavy atom. The van der Waals surface area contributed by atoms with Crippen LogP contribution in [0.1, 0.15) is 27.6 Å². The average molecular weight is 565 g/mol. The Kier molecular flexibility index (Phi) is 8.49. The predicted octanol–water partition coefficient (Wildman–Crippen LogP) is 6.83. The van der Waals surface area contributed by atoms with Gasteiger partial charge in [0.1, 0.15) is 0 Å². The molecule has 1 aromatic heterocycles. The minimum atomic E-state index is -1.48. The van der Waals surface area contributed by atoms with E-state index >= 15 is 0 Å². The molecule has 13 heteroatoms. The van der Waals surface area contributed by atoms with E-state index in [9.17, 15) is 19.5 Å². The fourth-order valence-corrected chi connectivity index (χ4v) is 5.02.